The summed E-state index contributed by atoms with van der Waals surface area (Å²) in [6.45, 7) is 8.72. The molecule has 6 aliphatic heterocycles. The van der Waals surface area contributed by atoms with Crippen molar-refractivity contribution in [3.63, 3.8) is 0 Å². The third-order valence-corrected chi connectivity index (χ3v) is 12.4. The number of ether oxygens (including phenoxy) is 5. The molecule has 2 bridgehead atoms. The van der Waals surface area contributed by atoms with E-state index in [0.717, 1.165) is 0 Å². The van der Waals surface area contributed by atoms with Gasteiger partial charge in [-0.05, 0) is 40.0 Å². The summed E-state index contributed by atoms with van der Waals surface area (Å²) >= 11 is 0. The van der Waals surface area contributed by atoms with Crippen molar-refractivity contribution in [2.75, 3.05) is 0 Å². The van der Waals surface area contributed by atoms with Gasteiger partial charge >= 0.3 is 11.9 Å². The van der Waals surface area contributed by atoms with E-state index in [2.05, 4.69) is 0 Å². The molecule has 8 rings (SSSR count). The zero-order valence-electron chi connectivity index (χ0n) is 23.3. The van der Waals surface area contributed by atoms with E-state index in [9.17, 15) is 29.4 Å². The van der Waals surface area contributed by atoms with Gasteiger partial charge in [-0.25, -0.2) is 4.79 Å². The molecule has 40 heavy (non-hydrogen) atoms. The van der Waals surface area contributed by atoms with Crippen molar-refractivity contribution >= 4 is 23.5 Å². The number of Topliss-reactive ketones (excluding diaryl/α,β-unsaturated/α-hetero) is 2. The molecule has 11 nitrogen and oxygen atoms in total. The number of hydrogen-bond acceptors (Lipinski definition) is 11. The van der Waals surface area contributed by atoms with Crippen LogP contribution in [0.3, 0.4) is 0 Å². The molecule has 0 amide bonds. The highest BCUT2D eigenvalue weighted by Gasteiger charge is 2.84. The highest BCUT2D eigenvalue weighted by Crippen LogP contribution is 2.71. The zero-order chi connectivity index (χ0) is 28.6. The standard InChI is InChI=1S/C29H36O11/c1-11-16-18-22(26(5,35)23(34)36-18)39-29-19(16)25(4,20(11)32)6-7-27(40-29)10-28-13(8-12(30)17(27)21(29)33)24(2,3)37-14(28)9-15(31)38-28/h11-14,16-19,22,30,35H,6-10H2,1-5H3/t11-,12+,13-,14+,16+,17-,18+,19-,22-,25-,26+,27-,28+,29-/m0/s1. The Balaban J connectivity index is 1.33. The van der Waals surface area contributed by atoms with Gasteiger partial charge in [0.2, 0.25) is 11.6 Å². The lowest BCUT2D eigenvalue weighted by atomic mass is 9.60. The van der Waals surface area contributed by atoms with Crippen molar-refractivity contribution in [1.82, 2.24) is 0 Å². The molecular formula is C29H36O11. The summed E-state index contributed by atoms with van der Waals surface area (Å²) in [6, 6.07) is 0. The number of carbonyl (C=O) groups is 4. The summed E-state index contributed by atoms with van der Waals surface area (Å²) in [7, 11) is 0. The summed E-state index contributed by atoms with van der Waals surface area (Å²) in [5, 5.41) is 23.0. The van der Waals surface area contributed by atoms with Crippen LogP contribution in [0.5, 0.6) is 0 Å². The largest absolute Gasteiger partial charge is 0.457 e. The van der Waals surface area contributed by atoms with E-state index >= 15 is 0 Å². The molecule has 0 aromatic carbocycles. The van der Waals surface area contributed by atoms with Crippen LogP contribution in [-0.4, -0.2) is 86.3 Å². The number of fused-ring (bicyclic) bond motifs is 2. The minimum Gasteiger partial charge on any atom is -0.457 e. The van der Waals surface area contributed by atoms with Crippen molar-refractivity contribution in [2.24, 2.45) is 35.0 Å². The fraction of sp³-hybridized carbons (Fsp3) is 0.862. The number of aliphatic hydroxyl groups excluding tert-OH is 1. The van der Waals surface area contributed by atoms with Gasteiger partial charge in [-0.2, -0.15) is 0 Å². The van der Waals surface area contributed by atoms with Crippen LogP contribution in [0.2, 0.25) is 0 Å². The molecular weight excluding hydrogens is 524 g/mol. The average molecular weight is 561 g/mol. The molecule has 11 heteroatoms. The van der Waals surface area contributed by atoms with Gasteiger partial charge < -0.3 is 33.9 Å². The summed E-state index contributed by atoms with van der Waals surface area (Å²) in [4.78, 5) is 54.3. The first-order chi connectivity index (χ1) is 18.5. The second-order valence-corrected chi connectivity index (χ2v) is 14.7. The first kappa shape index (κ1) is 25.8. The summed E-state index contributed by atoms with van der Waals surface area (Å²) < 4.78 is 31.6. The molecule has 8 fully saturated rings. The Morgan fingerprint density at radius 2 is 1.70 bits per heavy atom. The minimum atomic E-state index is -2.06. The molecule has 0 radical (unpaired) electrons. The fourth-order valence-electron chi connectivity index (χ4n) is 10.8. The lowest BCUT2D eigenvalue weighted by Gasteiger charge is -2.50. The lowest BCUT2D eigenvalue weighted by molar-refractivity contribution is -0.339. The van der Waals surface area contributed by atoms with Crippen LogP contribution >= 0.6 is 0 Å². The lowest BCUT2D eigenvalue weighted by Crippen LogP contribution is -2.66. The van der Waals surface area contributed by atoms with E-state index < -0.39 is 99.4 Å². The molecule has 6 heterocycles. The SMILES string of the molecule is C[C@@H]1C(=O)[C@@]2(C)CC[C@]34C[C@]56OC(=O)C[C@H]5OC(C)(C)[C@@H]6C[C@@H](O)[C@H]3C(=O)[C@@]3(O[C@H]5[C@H](OC(=O)[C@]5(C)O)[C@@H]1[C@H]32)O4. The van der Waals surface area contributed by atoms with Crippen molar-refractivity contribution in [3.8, 4) is 0 Å². The quantitative estimate of drug-likeness (QED) is 0.400. The van der Waals surface area contributed by atoms with E-state index in [1.807, 2.05) is 20.8 Å². The Labute approximate surface area is 231 Å². The van der Waals surface area contributed by atoms with E-state index in [1.165, 1.54) is 6.92 Å². The zero-order valence-corrected chi connectivity index (χ0v) is 23.3. The molecule has 2 aliphatic carbocycles. The molecule has 6 saturated heterocycles. The monoisotopic (exact) mass is 560 g/mol. The van der Waals surface area contributed by atoms with Crippen LogP contribution in [-0.2, 0) is 42.9 Å². The molecule has 0 aromatic rings. The van der Waals surface area contributed by atoms with Gasteiger partial charge in [-0.15, -0.1) is 0 Å². The molecule has 3 spiro atoms. The maximum Gasteiger partial charge on any atom is 0.341 e. The summed E-state index contributed by atoms with van der Waals surface area (Å²) in [6.07, 6.45) is -2.95. The first-order valence-corrected chi connectivity index (χ1v) is 14.5. The highest BCUT2D eigenvalue weighted by atomic mass is 16.7. The van der Waals surface area contributed by atoms with E-state index in [4.69, 9.17) is 23.7 Å². The third-order valence-electron chi connectivity index (χ3n) is 12.4. The maximum atomic E-state index is 14.8. The van der Waals surface area contributed by atoms with E-state index in [1.54, 1.807) is 6.92 Å². The van der Waals surface area contributed by atoms with Crippen molar-refractivity contribution < 1.29 is 53.1 Å². The number of esters is 2. The molecule has 2 N–H and O–H groups in total. The Morgan fingerprint density at radius 3 is 2.42 bits per heavy atom. The number of rotatable bonds is 0. The number of hydrogen-bond donors (Lipinski definition) is 2. The van der Waals surface area contributed by atoms with Gasteiger partial charge in [0.15, 0.2) is 5.60 Å². The van der Waals surface area contributed by atoms with Gasteiger partial charge in [0.25, 0.3) is 0 Å². The fourth-order valence-corrected chi connectivity index (χ4v) is 10.8. The van der Waals surface area contributed by atoms with Crippen molar-refractivity contribution in [1.29, 1.82) is 0 Å². The summed E-state index contributed by atoms with van der Waals surface area (Å²) in [5.41, 5.74) is -6.25. The van der Waals surface area contributed by atoms with Crippen molar-refractivity contribution in [3.05, 3.63) is 0 Å². The topological polar surface area (TPSA) is 155 Å². The Bertz CT molecular complexity index is 1290. The summed E-state index contributed by atoms with van der Waals surface area (Å²) in [5.74, 6) is -7.18. The Morgan fingerprint density at radius 1 is 0.975 bits per heavy atom. The second kappa shape index (κ2) is 6.99. The average Bonchev–Trinajstić information content (AvgIpc) is 3.43. The van der Waals surface area contributed by atoms with E-state index in [-0.39, 0.29) is 37.4 Å². The third kappa shape index (κ3) is 2.55. The van der Waals surface area contributed by atoms with Gasteiger partial charge in [0, 0.05) is 35.5 Å². The highest BCUT2D eigenvalue weighted by molar-refractivity contribution is 5.98. The Hall–Kier alpha value is -1.92. The molecule has 2 saturated carbocycles. The second-order valence-electron chi connectivity index (χ2n) is 14.7. The molecule has 218 valence electrons. The van der Waals surface area contributed by atoms with Crippen LogP contribution in [0, 0.1) is 35.0 Å². The van der Waals surface area contributed by atoms with Crippen LogP contribution in [0.25, 0.3) is 0 Å². The van der Waals surface area contributed by atoms with Crippen molar-refractivity contribution in [2.45, 2.75) is 119 Å². The molecule has 14 atom stereocenters. The van der Waals surface area contributed by atoms with Gasteiger partial charge in [0.05, 0.1) is 29.6 Å². The molecule has 0 aromatic heterocycles. The predicted molar refractivity (Wildman–Crippen MR) is 130 cm³/mol. The van der Waals surface area contributed by atoms with Crippen LogP contribution < -0.4 is 0 Å². The van der Waals surface area contributed by atoms with Gasteiger partial charge in [-0.1, -0.05) is 13.8 Å². The van der Waals surface area contributed by atoms with Gasteiger partial charge in [-0.3, -0.25) is 14.4 Å². The maximum absolute atomic E-state index is 14.8. The van der Waals surface area contributed by atoms with Crippen LogP contribution in [0.4, 0.5) is 0 Å². The smallest absolute Gasteiger partial charge is 0.341 e. The molecule has 8 aliphatic rings. The van der Waals surface area contributed by atoms with Gasteiger partial charge in [0.1, 0.15) is 29.7 Å². The number of ketones is 2. The normalized spacial score (nSPS) is 60.6. The van der Waals surface area contributed by atoms with E-state index in [0.29, 0.717) is 6.42 Å². The molecule has 0 unspecified atom stereocenters. The first-order valence-electron chi connectivity index (χ1n) is 14.5. The van der Waals surface area contributed by atoms with Crippen LogP contribution in [0.1, 0.15) is 66.7 Å². The number of aliphatic hydroxyl groups is 2. The minimum absolute atomic E-state index is 0.0636. The van der Waals surface area contributed by atoms with Crippen LogP contribution in [0.15, 0.2) is 0 Å². The predicted octanol–water partition coefficient (Wildman–Crippen LogP) is 0.598. The number of carbonyl (C=O) groups excluding carboxylic acids is 4. The Kier molecular flexibility index (Phi) is 4.50.